The molecule has 0 bridgehead atoms. The van der Waals surface area contributed by atoms with E-state index in [9.17, 15) is 14.7 Å². The van der Waals surface area contributed by atoms with Gasteiger partial charge in [-0.3, -0.25) is 9.59 Å². The maximum Gasteiger partial charge on any atom is 0.156 e. The summed E-state index contributed by atoms with van der Waals surface area (Å²) in [6, 6.07) is 8.75. The minimum absolute atomic E-state index is 0.194. The molecule has 0 heterocycles. The van der Waals surface area contributed by atoms with Crippen LogP contribution in [0.5, 0.6) is 0 Å². The minimum atomic E-state index is -0.712. The summed E-state index contributed by atoms with van der Waals surface area (Å²) < 4.78 is 0. The summed E-state index contributed by atoms with van der Waals surface area (Å²) in [5, 5.41) is 12.8. The first-order chi connectivity index (χ1) is 17.3. The Morgan fingerprint density at radius 2 is 1.97 bits per heavy atom. The average molecular weight is 486 g/mol. The van der Waals surface area contributed by atoms with Crippen molar-refractivity contribution in [3.05, 3.63) is 52.6 Å². The molecule has 2 N–H and O–H groups in total. The number of aliphatic hydroxyl groups excluding tert-OH is 1. The van der Waals surface area contributed by atoms with Crippen molar-refractivity contribution < 1.29 is 14.7 Å². The molecule has 4 aliphatic carbocycles. The van der Waals surface area contributed by atoms with Crippen molar-refractivity contribution in [1.29, 1.82) is 0 Å². The van der Waals surface area contributed by atoms with Crippen LogP contribution in [-0.4, -0.2) is 30.3 Å². The minimum Gasteiger partial charge on any atom is -0.388 e. The van der Waals surface area contributed by atoms with Gasteiger partial charge in [0.1, 0.15) is 6.61 Å². The van der Waals surface area contributed by atoms with Gasteiger partial charge in [0.15, 0.2) is 11.6 Å². The maximum atomic E-state index is 13.7. The molecule has 5 rings (SSSR count). The monoisotopic (exact) mass is 485 g/mol. The molecule has 0 aliphatic heterocycles. The van der Waals surface area contributed by atoms with E-state index >= 15 is 0 Å². The summed E-state index contributed by atoms with van der Waals surface area (Å²) in [4.78, 5) is 26.1. The Balaban J connectivity index is 1.72. The predicted octanol–water partition coefficient (Wildman–Crippen LogP) is 5.84. The third-order valence-electron chi connectivity index (χ3n) is 10.1. The highest BCUT2D eigenvalue weighted by molar-refractivity contribution is 5.93. The molecule has 0 saturated heterocycles. The van der Waals surface area contributed by atoms with Crippen LogP contribution in [0.3, 0.4) is 0 Å². The molecule has 1 aromatic carbocycles. The normalized spacial score (nSPS) is 35.1. The molecule has 1 unspecified atom stereocenters. The number of allylic oxidation sites excluding steroid dienone is 4. The summed E-state index contributed by atoms with van der Waals surface area (Å²) in [6.45, 7) is 6.33. The Morgan fingerprint density at radius 1 is 1.22 bits per heavy atom. The number of fused-ring (bicyclic) bond motifs is 4. The zero-order valence-electron chi connectivity index (χ0n) is 22.1. The van der Waals surface area contributed by atoms with Gasteiger partial charge in [-0.15, -0.1) is 0 Å². The fourth-order valence-electron chi connectivity index (χ4n) is 8.39. The lowest BCUT2D eigenvalue weighted by molar-refractivity contribution is -0.132. The number of aliphatic hydroxyl groups is 1. The Morgan fingerprint density at radius 3 is 2.64 bits per heavy atom. The lowest BCUT2D eigenvalue weighted by Gasteiger charge is -2.55. The van der Waals surface area contributed by atoms with Gasteiger partial charge in [0.25, 0.3) is 0 Å². The van der Waals surface area contributed by atoms with E-state index in [0.29, 0.717) is 30.6 Å². The standard InChI is InChI=1S/C32H39NO3/c1-5-29(36)32(14-6-16-34)15-13-28-26-17-20(2)25-18-23(35)11-12-24(25)30(26)27(19-31(28,32)3)21-7-9-22(33-4)10-8-21/h7-10,18,20,26-28,33-34H,5,11-13,15-17,19H2,1-4H3/t20?,26-,27+,28-,31-,32-/m0/s1. The SMILES string of the molecule is CCC(=O)[C@]1(C#CCO)CC[C@H]2[C@@H]3CC(C)C4=CC(=O)CCC4=C3[C@@H](c3ccc(NC)cc3)C[C@@]21C. The van der Waals surface area contributed by atoms with Gasteiger partial charge in [-0.25, -0.2) is 0 Å². The summed E-state index contributed by atoms with van der Waals surface area (Å²) in [7, 11) is 1.93. The van der Waals surface area contributed by atoms with E-state index in [2.05, 4.69) is 55.3 Å². The van der Waals surface area contributed by atoms with E-state index in [4.69, 9.17) is 0 Å². The van der Waals surface area contributed by atoms with E-state index in [1.165, 1.54) is 22.3 Å². The van der Waals surface area contributed by atoms with Crippen molar-refractivity contribution in [3.8, 4) is 11.8 Å². The molecule has 36 heavy (non-hydrogen) atoms. The second-order valence-corrected chi connectivity index (χ2v) is 11.6. The highest BCUT2D eigenvalue weighted by atomic mass is 16.2. The molecule has 1 aromatic rings. The zero-order valence-corrected chi connectivity index (χ0v) is 22.1. The first-order valence-electron chi connectivity index (χ1n) is 13.7. The first kappa shape index (κ1) is 25.0. The Bertz CT molecular complexity index is 1200. The van der Waals surface area contributed by atoms with Crippen LogP contribution in [0.25, 0.3) is 0 Å². The number of benzene rings is 1. The van der Waals surface area contributed by atoms with E-state index in [1.807, 2.05) is 20.0 Å². The molecule has 2 fully saturated rings. The Hall–Kier alpha value is -2.64. The van der Waals surface area contributed by atoms with E-state index in [1.54, 1.807) is 0 Å². The quantitative estimate of drug-likeness (QED) is 0.526. The molecule has 6 atom stereocenters. The van der Waals surface area contributed by atoms with Gasteiger partial charge in [-0.2, -0.15) is 0 Å². The molecule has 4 aliphatic rings. The van der Waals surface area contributed by atoms with Crippen LogP contribution in [0.15, 0.2) is 47.1 Å². The van der Waals surface area contributed by atoms with Crippen LogP contribution in [0.4, 0.5) is 5.69 Å². The number of nitrogens with one attached hydrogen (secondary N) is 1. The van der Waals surface area contributed by atoms with E-state index < -0.39 is 5.41 Å². The summed E-state index contributed by atoms with van der Waals surface area (Å²) >= 11 is 0. The number of hydrogen-bond donors (Lipinski definition) is 2. The molecular weight excluding hydrogens is 446 g/mol. The molecule has 4 nitrogen and oxygen atoms in total. The van der Waals surface area contributed by atoms with E-state index in [-0.39, 0.29) is 29.5 Å². The number of rotatable bonds is 4. The Labute approximate surface area is 215 Å². The predicted molar refractivity (Wildman–Crippen MR) is 143 cm³/mol. The lowest BCUT2D eigenvalue weighted by Crippen LogP contribution is -2.51. The Kier molecular flexibility index (Phi) is 6.50. The number of carbonyl (C=O) groups is 2. The highest BCUT2D eigenvalue weighted by Crippen LogP contribution is 2.70. The van der Waals surface area contributed by atoms with Crippen molar-refractivity contribution in [1.82, 2.24) is 0 Å². The molecule has 0 aromatic heterocycles. The summed E-state index contributed by atoms with van der Waals surface area (Å²) in [5.74, 6) is 8.05. The third kappa shape index (κ3) is 3.62. The number of carbonyl (C=O) groups excluding carboxylic acids is 2. The van der Waals surface area contributed by atoms with Crippen molar-refractivity contribution in [2.45, 2.75) is 71.6 Å². The fourth-order valence-corrected chi connectivity index (χ4v) is 8.39. The van der Waals surface area contributed by atoms with Crippen molar-refractivity contribution in [3.63, 3.8) is 0 Å². The molecule has 0 spiro atoms. The van der Waals surface area contributed by atoms with Crippen LogP contribution in [0.2, 0.25) is 0 Å². The van der Waals surface area contributed by atoms with Crippen molar-refractivity contribution in [2.75, 3.05) is 19.0 Å². The van der Waals surface area contributed by atoms with Gasteiger partial charge in [0.05, 0.1) is 5.41 Å². The maximum absolute atomic E-state index is 13.7. The summed E-state index contributed by atoms with van der Waals surface area (Å²) in [6.07, 6.45) is 7.46. The molecule has 2 saturated carbocycles. The van der Waals surface area contributed by atoms with Gasteiger partial charge in [0.2, 0.25) is 0 Å². The van der Waals surface area contributed by atoms with Crippen molar-refractivity contribution >= 4 is 17.3 Å². The number of anilines is 1. The molecule has 4 heteroatoms. The highest BCUT2D eigenvalue weighted by Gasteiger charge is 2.65. The van der Waals surface area contributed by atoms with Gasteiger partial charge in [-0.05, 0) is 90.2 Å². The lowest BCUT2D eigenvalue weighted by atomic mass is 9.47. The van der Waals surface area contributed by atoms with Crippen LogP contribution in [-0.2, 0) is 9.59 Å². The molecule has 190 valence electrons. The second kappa shape index (κ2) is 9.34. The number of Topliss-reactive ketones (excluding diaryl/α,β-unsaturated/α-hetero) is 1. The fraction of sp³-hybridized carbons (Fsp3) is 0.562. The third-order valence-corrected chi connectivity index (χ3v) is 10.1. The van der Waals surface area contributed by atoms with Crippen LogP contribution >= 0.6 is 0 Å². The molecule has 0 radical (unpaired) electrons. The summed E-state index contributed by atoms with van der Waals surface area (Å²) in [5.41, 5.74) is 5.59. The van der Waals surface area contributed by atoms with Crippen LogP contribution < -0.4 is 5.32 Å². The van der Waals surface area contributed by atoms with Crippen LogP contribution in [0, 0.1) is 40.4 Å². The van der Waals surface area contributed by atoms with Gasteiger partial charge in [0, 0.05) is 31.5 Å². The van der Waals surface area contributed by atoms with Gasteiger partial charge < -0.3 is 10.4 Å². The number of hydrogen-bond acceptors (Lipinski definition) is 4. The zero-order chi connectivity index (χ0) is 25.7. The van der Waals surface area contributed by atoms with E-state index in [0.717, 1.165) is 37.8 Å². The van der Waals surface area contributed by atoms with Crippen molar-refractivity contribution in [2.24, 2.45) is 28.6 Å². The van der Waals surface area contributed by atoms with Crippen LogP contribution in [0.1, 0.15) is 77.2 Å². The second-order valence-electron chi connectivity index (χ2n) is 11.6. The molecule has 0 amide bonds. The largest absolute Gasteiger partial charge is 0.388 e. The smallest absolute Gasteiger partial charge is 0.156 e. The topological polar surface area (TPSA) is 66.4 Å². The van der Waals surface area contributed by atoms with Gasteiger partial charge in [-0.1, -0.05) is 50.3 Å². The average Bonchev–Trinajstić information content (AvgIpc) is 3.19. The van der Waals surface area contributed by atoms with Gasteiger partial charge >= 0.3 is 0 Å². The number of ketones is 2. The molecular formula is C32H39NO3. The first-order valence-corrected chi connectivity index (χ1v) is 13.7.